The van der Waals surface area contributed by atoms with Crippen molar-refractivity contribution >= 4 is 23.2 Å². The van der Waals surface area contributed by atoms with Gasteiger partial charge >= 0.3 is 0 Å². The van der Waals surface area contributed by atoms with Gasteiger partial charge in [0, 0.05) is 37.6 Å². The molecular formula is C21H29N3O2. The smallest absolute Gasteiger partial charge is 0.228 e. The van der Waals surface area contributed by atoms with Crippen LogP contribution in [-0.2, 0) is 9.59 Å². The topological polar surface area (TPSA) is 52.7 Å². The Morgan fingerprint density at radius 3 is 2.27 bits per heavy atom. The Bertz CT molecular complexity index is 658. The molecule has 2 aliphatic heterocycles. The molecule has 1 aliphatic carbocycles. The van der Waals surface area contributed by atoms with E-state index >= 15 is 0 Å². The number of nitrogens with one attached hydrogen (secondary N) is 1. The number of nitrogens with zero attached hydrogens (tertiary/aromatic N) is 2. The van der Waals surface area contributed by atoms with Crippen molar-refractivity contribution in [1.82, 2.24) is 4.90 Å². The van der Waals surface area contributed by atoms with Crippen molar-refractivity contribution in [3.05, 3.63) is 24.3 Å². The molecule has 2 unspecified atom stereocenters. The van der Waals surface area contributed by atoms with E-state index < -0.39 is 0 Å². The second-order valence-electron chi connectivity index (χ2n) is 8.19. The van der Waals surface area contributed by atoms with Crippen LogP contribution in [0, 0.1) is 17.8 Å². The minimum absolute atomic E-state index is 0.0114. The molecule has 1 aromatic carbocycles. The summed E-state index contributed by atoms with van der Waals surface area (Å²) in [4.78, 5) is 29.4. The molecule has 2 heterocycles. The summed E-state index contributed by atoms with van der Waals surface area (Å²) in [6, 6.07) is 8.09. The Kier molecular flexibility index (Phi) is 4.88. The molecule has 2 saturated heterocycles. The molecule has 1 saturated carbocycles. The lowest BCUT2D eigenvalue weighted by atomic mass is 9.99. The average molecular weight is 355 g/mol. The third kappa shape index (κ3) is 3.71. The van der Waals surface area contributed by atoms with Crippen molar-refractivity contribution in [3.8, 4) is 0 Å². The van der Waals surface area contributed by atoms with Crippen LogP contribution in [0.5, 0.6) is 0 Å². The van der Waals surface area contributed by atoms with E-state index in [1.165, 1.54) is 18.5 Å². The molecule has 0 bridgehead atoms. The summed E-state index contributed by atoms with van der Waals surface area (Å²) < 4.78 is 0. The zero-order valence-corrected chi connectivity index (χ0v) is 15.6. The number of carbonyl (C=O) groups is 2. The van der Waals surface area contributed by atoms with E-state index in [1.54, 1.807) is 0 Å². The van der Waals surface area contributed by atoms with E-state index in [0.29, 0.717) is 12.3 Å². The lowest BCUT2D eigenvalue weighted by Gasteiger charge is -2.30. The van der Waals surface area contributed by atoms with Crippen molar-refractivity contribution in [2.75, 3.05) is 36.4 Å². The second-order valence-corrected chi connectivity index (χ2v) is 8.19. The van der Waals surface area contributed by atoms with Crippen molar-refractivity contribution in [2.45, 2.75) is 39.0 Å². The molecule has 0 aromatic heterocycles. The first-order valence-corrected chi connectivity index (χ1v) is 10.1. The largest absolute Gasteiger partial charge is 0.372 e. The number of carbonyl (C=O) groups excluding carboxylic acids is 2. The first-order chi connectivity index (χ1) is 12.6. The number of benzene rings is 1. The number of hydrogen-bond acceptors (Lipinski definition) is 3. The van der Waals surface area contributed by atoms with Crippen molar-refractivity contribution in [1.29, 1.82) is 0 Å². The minimum Gasteiger partial charge on any atom is -0.372 e. The van der Waals surface area contributed by atoms with Gasteiger partial charge in [-0.2, -0.15) is 0 Å². The summed E-state index contributed by atoms with van der Waals surface area (Å²) >= 11 is 0. The Morgan fingerprint density at radius 1 is 0.962 bits per heavy atom. The van der Waals surface area contributed by atoms with Crippen LogP contribution in [0.25, 0.3) is 0 Å². The molecule has 2 atom stereocenters. The number of rotatable bonds is 4. The van der Waals surface area contributed by atoms with Crippen LogP contribution in [-0.4, -0.2) is 42.9 Å². The highest BCUT2D eigenvalue weighted by Crippen LogP contribution is 2.41. The molecule has 1 aromatic rings. The monoisotopic (exact) mass is 355 g/mol. The van der Waals surface area contributed by atoms with E-state index in [4.69, 9.17) is 0 Å². The molecule has 1 N–H and O–H groups in total. The number of hydrogen-bond donors (Lipinski definition) is 1. The van der Waals surface area contributed by atoms with Gasteiger partial charge in [0.25, 0.3) is 0 Å². The molecule has 26 heavy (non-hydrogen) atoms. The van der Waals surface area contributed by atoms with E-state index in [1.807, 2.05) is 17.0 Å². The number of anilines is 2. The summed E-state index contributed by atoms with van der Waals surface area (Å²) in [5, 5.41) is 2.99. The zero-order chi connectivity index (χ0) is 18.1. The van der Waals surface area contributed by atoms with Gasteiger partial charge in [-0.05, 0) is 62.3 Å². The van der Waals surface area contributed by atoms with Crippen LogP contribution in [0.15, 0.2) is 24.3 Å². The van der Waals surface area contributed by atoms with Gasteiger partial charge in [0.05, 0.1) is 11.8 Å². The fraction of sp³-hybridized carbons (Fsp3) is 0.619. The van der Waals surface area contributed by atoms with Gasteiger partial charge in [0.1, 0.15) is 0 Å². The molecule has 4 rings (SSSR count). The Labute approximate surface area is 155 Å². The fourth-order valence-corrected chi connectivity index (χ4v) is 4.19. The predicted octanol–water partition coefficient (Wildman–Crippen LogP) is 3.12. The first-order valence-electron chi connectivity index (χ1n) is 10.1. The van der Waals surface area contributed by atoms with Crippen LogP contribution in [0.2, 0.25) is 0 Å². The molecule has 5 nitrogen and oxygen atoms in total. The summed E-state index contributed by atoms with van der Waals surface area (Å²) in [7, 11) is 0. The van der Waals surface area contributed by atoms with Gasteiger partial charge in [-0.3, -0.25) is 9.59 Å². The quantitative estimate of drug-likeness (QED) is 0.903. The van der Waals surface area contributed by atoms with Crippen LogP contribution in [0.3, 0.4) is 0 Å². The van der Waals surface area contributed by atoms with E-state index in [0.717, 1.165) is 44.7 Å². The van der Waals surface area contributed by atoms with Crippen LogP contribution >= 0.6 is 0 Å². The van der Waals surface area contributed by atoms with Gasteiger partial charge in [-0.15, -0.1) is 0 Å². The normalized spacial score (nSPS) is 26.0. The first kappa shape index (κ1) is 17.4. The molecular weight excluding hydrogens is 326 g/mol. The van der Waals surface area contributed by atoms with Crippen molar-refractivity contribution in [2.24, 2.45) is 17.8 Å². The third-order valence-electron chi connectivity index (χ3n) is 6.15. The maximum atomic E-state index is 12.6. The molecule has 0 radical (unpaired) electrons. The van der Waals surface area contributed by atoms with Gasteiger partial charge in [-0.25, -0.2) is 0 Å². The molecule has 2 amide bonds. The molecule has 0 spiro atoms. The van der Waals surface area contributed by atoms with Crippen LogP contribution < -0.4 is 10.2 Å². The maximum absolute atomic E-state index is 12.6. The number of piperidine rings is 1. The highest BCUT2D eigenvalue weighted by Gasteiger charge is 2.49. The van der Waals surface area contributed by atoms with Crippen LogP contribution in [0.1, 0.15) is 39.0 Å². The lowest BCUT2D eigenvalue weighted by molar-refractivity contribution is -0.135. The molecule has 140 valence electrons. The molecule has 3 fully saturated rings. The highest BCUT2D eigenvalue weighted by molar-refractivity contribution is 5.99. The van der Waals surface area contributed by atoms with E-state index in [-0.39, 0.29) is 23.7 Å². The van der Waals surface area contributed by atoms with Crippen molar-refractivity contribution < 1.29 is 9.59 Å². The number of amides is 2. The Hall–Kier alpha value is -2.04. The average Bonchev–Trinajstić information content (AvgIpc) is 3.28. The highest BCUT2D eigenvalue weighted by atomic mass is 16.2. The van der Waals surface area contributed by atoms with Gasteiger partial charge in [-0.1, -0.05) is 6.92 Å². The Morgan fingerprint density at radius 2 is 1.62 bits per heavy atom. The SMILES string of the molecule is CC1CCN(C(=O)C2CC2C(=O)Nc2ccc(N3CCCC3)cc2)CC1. The summed E-state index contributed by atoms with van der Waals surface area (Å²) in [6.07, 6.45) is 5.37. The second kappa shape index (κ2) is 7.29. The zero-order valence-electron chi connectivity index (χ0n) is 15.6. The van der Waals surface area contributed by atoms with E-state index in [9.17, 15) is 9.59 Å². The maximum Gasteiger partial charge on any atom is 0.228 e. The van der Waals surface area contributed by atoms with Crippen LogP contribution in [0.4, 0.5) is 11.4 Å². The lowest BCUT2D eigenvalue weighted by Crippen LogP contribution is -2.39. The number of likely N-dealkylation sites (tertiary alicyclic amines) is 1. The van der Waals surface area contributed by atoms with Crippen molar-refractivity contribution in [3.63, 3.8) is 0 Å². The Balaban J connectivity index is 1.28. The summed E-state index contributed by atoms with van der Waals surface area (Å²) in [5.74, 6) is 0.623. The molecule has 5 heteroatoms. The predicted molar refractivity (Wildman–Crippen MR) is 103 cm³/mol. The van der Waals surface area contributed by atoms with Gasteiger partial charge < -0.3 is 15.1 Å². The fourth-order valence-electron chi connectivity index (χ4n) is 4.19. The van der Waals surface area contributed by atoms with Gasteiger partial charge in [0.2, 0.25) is 11.8 Å². The summed E-state index contributed by atoms with van der Waals surface area (Å²) in [6.45, 7) is 6.18. The molecule has 3 aliphatic rings. The third-order valence-corrected chi connectivity index (χ3v) is 6.15. The van der Waals surface area contributed by atoms with Gasteiger partial charge in [0.15, 0.2) is 0 Å². The standard InChI is InChI=1S/C21H29N3O2/c1-15-8-12-24(13-9-15)21(26)19-14-18(19)20(25)22-16-4-6-17(7-5-16)23-10-2-3-11-23/h4-7,15,18-19H,2-3,8-14H2,1H3,(H,22,25). The van der Waals surface area contributed by atoms with E-state index in [2.05, 4.69) is 29.3 Å². The minimum atomic E-state index is -0.153. The summed E-state index contributed by atoms with van der Waals surface area (Å²) in [5.41, 5.74) is 2.04.